The number of nitrogens with zero attached hydrogens (tertiary/aromatic N) is 1. The molecule has 5 nitrogen and oxygen atoms in total. The molecule has 1 N–H and O–H groups in total. The van der Waals surface area contributed by atoms with Crippen molar-refractivity contribution in [3.05, 3.63) is 87.0 Å². The van der Waals surface area contributed by atoms with E-state index in [1.807, 2.05) is 17.5 Å². The van der Waals surface area contributed by atoms with Gasteiger partial charge in [-0.2, -0.15) is 0 Å². The fourth-order valence-corrected chi connectivity index (χ4v) is 4.09. The maximum atomic E-state index is 12.8. The molecule has 1 saturated heterocycles. The van der Waals surface area contributed by atoms with Gasteiger partial charge in [-0.3, -0.25) is 9.59 Å². The van der Waals surface area contributed by atoms with Crippen LogP contribution in [0, 0.1) is 0 Å². The number of hydrogen-bond donors (Lipinski definition) is 1. The molecular formula is C20H14ClNO4S. The minimum absolute atomic E-state index is 0.0660. The fraction of sp³-hybridized carbons (Fsp3) is 0.100. The van der Waals surface area contributed by atoms with Crippen molar-refractivity contribution in [2.75, 3.05) is 0 Å². The number of aliphatic hydroxyl groups excluding tert-OH is 1. The van der Waals surface area contributed by atoms with Crippen molar-refractivity contribution in [3.63, 3.8) is 0 Å². The largest absolute Gasteiger partial charge is 0.507 e. The van der Waals surface area contributed by atoms with Crippen molar-refractivity contribution in [1.29, 1.82) is 0 Å². The molecule has 7 heteroatoms. The van der Waals surface area contributed by atoms with E-state index in [1.54, 1.807) is 36.4 Å². The van der Waals surface area contributed by atoms with E-state index in [4.69, 9.17) is 16.0 Å². The van der Waals surface area contributed by atoms with Crippen molar-refractivity contribution in [3.8, 4) is 0 Å². The number of halogens is 1. The number of amides is 1. The maximum absolute atomic E-state index is 12.8. The number of rotatable bonds is 4. The molecule has 0 aliphatic carbocycles. The van der Waals surface area contributed by atoms with E-state index in [0.717, 1.165) is 4.88 Å². The minimum atomic E-state index is -0.715. The van der Waals surface area contributed by atoms with Crippen molar-refractivity contribution >= 4 is 40.4 Å². The summed E-state index contributed by atoms with van der Waals surface area (Å²) in [6.07, 6.45) is 1.51. The maximum Gasteiger partial charge on any atom is 0.296 e. The summed E-state index contributed by atoms with van der Waals surface area (Å²) in [7, 11) is 0. The van der Waals surface area contributed by atoms with E-state index in [2.05, 4.69) is 0 Å². The summed E-state index contributed by atoms with van der Waals surface area (Å²) in [5, 5.41) is 13.2. The Balaban J connectivity index is 1.83. The number of carbonyl (C=O) groups excluding carboxylic acids is 2. The van der Waals surface area contributed by atoms with Crippen molar-refractivity contribution in [1.82, 2.24) is 4.90 Å². The molecule has 1 atom stereocenters. The summed E-state index contributed by atoms with van der Waals surface area (Å²) in [6.45, 7) is 0.136. The first-order valence-electron chi connectivity index (χ1n) is 8.16. The molecule has 1 unspecified atom stereocenters. The average Bonchev–Trinajstić information content (AvgIpc) is 3.40. The lowest BCUT2D eigenvalue weighted by Gasteiger charge is -2.23. The van der Waals surface area contributed by atoms with Crippen LogP contribution in [0.4, 0.5) is 0 Å². The predicted molar refractivity (Wildman–Crippen MR) is 102 cm³/mol. The lowest BCUT2D eigenvalue weighted by molar-refractivity contribution is -0.140. The van der Waals surface area contributed by atoms with Gasteiger partial charge in [0.25, 0.3) is 11.7 Å². The molecular weight excluding hydrogens is 386 g/mol. The van der Waals surface area contributed by atoms with Gasteiger partial charge in [0.15, 0.2) is 0 Å². The Labute approximate surface area is 164 Å². The topological polar surface area (TPSA) is 70.8 Å². The van der Waals surface area contributed by atoms with Gasteiger partial charge in [-0.25, -0.2) is 0 Å². The van der Waals surface area contributed by atoms with Gasteiger partial charge in [0.05, 0.1) is 18.4 Å². The first-order valence-corrected chi connectivity index (χ1v) is 9.42. The van der Waals surface area contributed by atoms with Gasteiger partial charge in [-0.15, -0.1) is 11.3 Å². The van der Waals surface area contributed by atoms with Gasteiger partial charge in [0, 0.05) is 15.5 Å². The predicted octanol–water partition coefficient (Wildman–Crippen LogP) is 4.62. The molecule has 2 aromatic heterocycles. The number of likely N-dealkylation sites (tertiary alicyclic amines) is 1. The summed E-state index contributed by atoms with van der Waals surface area (Å²) >= 11 is 7.32. The zero-order chi connectivity index (χ0) is 19.0. The number of aliphatic hydroxyl groups is 1. The first-order chi connectivity index (χ1) is 13.1. The Morgan fingerprint density at radius 2 is 1.93 bits per heavy atom. The number of furan rings is 1. The van der Waals surface area contributed by atoms with Gasteiger partial charge in [0.1, 0.15) is 17.6 Å². The molecule has 0 bridgehead atoms. The van der Waals surface area contributed by atoms with E-state index in [9.17, 15) is 14.7 Å². The van der Waals surface area contributed by atoms with E-state index in [-0.39, 0.29) is 17.9 Å². The highest BCUT2D eigenvalue weighted by atomic mass is 35.5. The molecule has 3 heterocycles. The van der Waals surface area contributed by atoms with Crippen molar-refractivity contribution < 1.29 is 19.1 Å². The van der Waals surface area contributed by atoms with Crippen LogP contribution in [-0.2, 0) is 16.1 Å². The SMILES string of the molecule is O=C1C(=O)N(Cc2ccco2)C(c2cccs2)/C1=C(\O)c1ccc(Cl)cc1. The Bertz CT molecular complexity index is 1010. The Kier molecular flexibility index (Phi) is 4.59. The van der Waals surface area contributed by atoms with Gasteiger partial charge >= 0.3 is 0 Å². The molecule has 1 aliphatic rings. The van der Waals surface area contributed by atoms with Crippen LogP contribution in [0.15, 0.2) is 70.2 Å². The quantitative estimate of drug-likeness (QED) is 0.395. The summed E-state index contributed by atoms with van der Waals surface area (Å²) in [4.78, 5) is 27.7. The van der Waals surface area contributed by atoms with Crippen LogP contribution in [0.1, 0.15) is 22.2 Å². The molecule has 1 amide bonds. The van der Waals surface area contributed by atoms with Crippen LogP contribution >= 0.6 is 22.9 Å². The monoisotopic (exact) mass is 399 g/mol. The van der Waals surface area contributed by atoms with Gasteiger partial charge in [0.2, 0.25) is 0 Å². The number of carbonyl (C=O) groups is 2. The molecule has 1 aromatic carbocycles. The Morgan fingerprint density at radius 1 is 1.15 bits per heavy atom. The van der Waals surface area contributed by atoms with Crippen LogP contribution < -0.4 is 0 Å². The molecule has 1 fully saturated rings. The smallest absolute Gasteiger partial charge is 0.296 e. The Morgan fingerprint density at radius 3 is 2.56 bits per heavy atom. The second-order valence-electron chi connectivity index (χ2n) is 6.03. The third-order valence-electron chi connectivity index (χ3n) is 4.38. The van der Waals surface area contributed by atoms with Crippen LogP contribution in [0.25, 0.3) is 5.76 Å². The zero-order valence-electron chi connectivity index (χ0n) is 14.0. The number of Topliss-reactive ketones (excluding diaryl/α,β-unsaturated/α-hetero) is 1. The van der Waals surface area contributed by atoms with Gasteiger partial charge < -0.3 is 14.4 Å². The second-order valence-corrected chi connectivity index (χ2v) is 7.44. The van der Waals surface area contributed by atoms with E-state index in [1.165, 1.54) is 22.5 Å². The normalized spacial score (nSPS) is 19.0. The standard InChI is InChI=1S/C20H14ClNO4S/c21-13-7-5-12(6-8-13)18(23)16-17(15-4-2-10-27-15)22(20(25)19(16)24)11-14-3-1-9-26-14/h1-10,17,23H,11H2/b18-16+. The third kappa shape index (κ3) is 3.18. The van der Waals surface area contributed by atoms with Gasteiger partial charge in [-0.05, 0) is 47.8 Å². The third-order valence-corrected chi connectivity index (χ3v) is 5.55. The van der Waals surface area contributed by atoms with Crippen LogP contribution in [-0.4, -0.2) is 21.7 Å². The zero-order valence-corrected chi connectivity index (χ0v) is 15.5. The number of hydrogen-bond acceptors (Lipinski definition) is 5. The highest BCUT2D eigenvalue weighted by Crippen LogP contribution is 2.41. The molecule has 27 heavy (non-hydrogen) atoms. The fourth-order valence-electron chi connectivity index (χ4n) is 3.12. The lowest BCUT2D eigenvalue weighted by atomic mass is 10.00. The van der Waals surface area contributed by atoms with Crippen molar-refractivity contribution in [2.24, 2.45) is 0 Å². The van der Waals surface area contributed by atoms with Crippen LogP contribution in [0.5, 0.6) is 0 Å². The molecule has 1 aliphatic heterocycles. The van der Waals surface area contributed by atoms with Gasteiger partial charge in [-0.1, -0.05) is 17.7 Å². The number of thiophene rings is 1. The average molecular weight is 400 g/mol. The Hall–Kier alpha value is -2.83. The lowest BCUT2D eigenvalue weighted by Crippen LogP contribution is -2.28. The summed E-state index contributed by atoms with van der Waals surface area (Å²) in [5.74, 6) is -1.04. The summed E-state index contributed by atoms with van der Waals surface area (Å²) in [5.41, 5.74) is 0.494. The van der Waals surface area contributed by atoms with E-state index < -0.39 is 17.7 Å². The molecule has 0 radical (unpaired) electrons. The number of ketones is 1. The summed E-state index contributed by atoms with van der Waals surface area (Å²) in [6, 6.07) is 12.9. The van der Waals surface area contributed by atoms with Crippen LogP contribution in [0.2, 0.25) is 5.02 Å². The molecule has 3 aromatic rings. The molecule has 4 rings (SSSR count). The molecule has 136 valence electrons. The number of benzene rings is 1. The molecule has 0 spiro atoms. The second kappa shape index (κ2) is 7.06. The summed E-state index contributed by atoms with van der Waals surface area (Å²) < 4.78 is 5.34. The molecule has 0 saturated carbocycles. The van der Waals surface area contributed by atoms with Crippen molar-refractivity contribution in [2.45, 2.75) is 12.6 Å². The highest BCUT2D eigenvalue weighted by Gasteiger charge is 2.46. The van der Waals surface area contributed by atoms with E-state index >= 15 is 0 Å². The highest BCUT2D eigenvalue weighted by molar-refractivity contribution is 7.10. The van der Waals surface area contributed by atoms with Crippen LogP contribution in [0.3, 0.4) is 0 Å². The van der Waals surface area contributed by atoms with E-state index in [0.29, 0.717) is 16.3 Å². The first kappa shape index (κ1) is 17.6. The minimum Gasteiger partial charge on any atom is -0.507 e.